The third kappa shape index (κ3) is 3.27. The zero-order valence-corrected chi connectivity index (χ0v) is 17.5. The number of amides is 1. The number of carbonyl (C=O) groups excluding carboxylic acids is 1. The third-order valence-corrected chi connectivity index (χ3v) is 6.17. The molecule has 1 aliphatic rings. The molecule has 3 heterocycles. The van der Waals surface area contributed by atoms with Crippen molar-refractivity contribution in [1.29, 1.82) is 0 Å². The van der Waals surface area contributed by atoms with Crippen LogP contribution in [0.15, 0.2) is 60.9 Å². The standard InChI is InChI=1S/C23H22ClN5O/c1-27-21-8-3-2-7-20(21)26-22(27)16-6-4-12-28(15-16)23(30)18-14-17(9-10-19(18)24)29-13-5-11-25-29/h2-3,5,7-11,13-14,16H,4,6,12,15H2,1H3/t16-/m1/s1. The maximum absolute atomic E-state index is 13.4. The lowest BCUT2D eigenvalue weighted by molar-refractivity contribution is 0.0704. The summed E-state index contributed by atoms with van der Waals surface area (Å²) < 4.78 is 3.88. The maximum atomic E-state index is 13.4. The molecule has 1 fully saturated rings. The molecule has 1 saturated heterocycles. The molecule has 6 nitrogen and oxygen atoms in total. The van der Waals surface area contributed by atoms with E-state index in [2.05, 4.69) is 22.8 Å². The molecular formula is C23H22ClN5O. The molecule has 152 valence electrons. The number of aromatic nitrogens is 4. The highest BCUT2D eigenvalue weighted by Gasteiger charge is 2.29. The molecule has 5 rings (SSSR count). The van der Waals surface area contributed by atoms with E-state index in [4.69, 9.17) is 16.6 Å². The first-order valence-electron chi connectivity index (χ1n) is 10.1. The minimum atomic E-state index is -0.0440. The van der Waals surface area contributed by atoms with Crippen LogP contribution >= 0.6 is 11.6 Å². The summed E-state index contributed by atoms with van der Waals surface area (Å²) in [6.45, 7) is 1.36. The van der Waals surface area contributed by atoms with Crippen molar-refractivity contribution in [3.05, 3.63) is 77.3 Å². The number of fused-ring (bicyclic) bond motifs is 1. The van der Waals surface area contributed by atoms with Crippen molar-refractivity contribution in [2.75, 3.05) is 13.1 Å². The summed E-state index contributed by atoms with van der Waals surface area (Å²) in [5, 5.41) is 4.71. The summed E-state index contributed by atoms with van der Waals surface area (Å²) in [5.74, 6) is 1.19. The number of likely N-dealkylation sites (tertiary alicyclic amines) is 1. The average Bonchev–Trinajstić information content (AvgIpc) is 3.43. The monoisotopic (exact) mass is 419 g/mol. The van der Waals surface area contributed by atoms with Crippen molar-refractivity contribution in [3.63, 3.8) is 0 Å². The second-order valence-corrected chi connectivity index (χ2v) is 8.13. The van der Waals surface area contributed by atoms with E-state index in [1.807, 2.05) is 47.5 Å². The van der Waals surface area contributed by atoms with Crippen LogP contribution in [0.3, 0.4) is 0 Å². The Labute approximate surface area is 179 Å². The SMILES string of the molecule is Cn1c([C@@H]2CCCN(C(=O)c3cc(-n4cccn4)ccc3Cl)C2)nc2ccccc21. The second-order valence-electron chi connectivity index (χ2n) is 7.72. The zero-order chi connectivity index (χ0) is 20.7. The first-order chi connectivity index (χ1) is 14.6. The third-order valence-electron chi connectivity index (χ3n) is 5.84. The lowest BCUT2D eigenvalue weighted by Crippen LogP contribution is -2.39. The van der Waals surface area contributed by atoms with Gasteiger partial charge >= 0.3 is 0 Å². The summed E-state index contributed by atoms with van der Waals surface area (Å²) >= 11 is 6.41. The van der Waals surface area contributed by atoms with Crippen molar-refractivity contribution in [2.45, 2.75) is 18.8 Å². The Morgan fingerprint density at radius 1 is 1.17 bits per heavy atom. The van der Waals surface area contributed by atoms with Crippen LogP contribution in [0.2, 0.25) is 5.02 Å². The number of benzene rings is 2. The Morgan fingerprint density at radius 2 is 2.03 bits per heavy atom. The van der Waals surface area contributed by atoms with Gasteiger partial charge in [0, 0.05) is 38.4 Å². The molecule has 0 unspecified atom stereocenters. The summed E-state index contributed by atoms with van der Waals surface area (Å²) in [4.78, 5) is 20.1. The number of hydrogen-bond donors (Lipinski definition) is 0. The number of carbonyl (C=O) groups is 1. The molecule has 30 heavy (non-hydrogen) atoms. The van der Waals surface area contributed by atoms with Gasteiger partial charge in [0.25, 0.3) is 5.91 Å². The van der Waals surface area contributed by atoms with Crippen molar-refractivity contribution in [3.8, 4) is 5.69 Å². The molecule has 0 spiro atoms. The molecule has 0 aliphatic carbocycles. The zero-order valence-electron chi connectivity index (χ0n) is 16.7. The van der Waals surface area contributed by atoms with Crippen LogP contribution in [0.5, 0.6) is 0 Å². The number of halogens is 1. The average molecular weight is 420 g/mol. The van der Waals surface area contributed by atoms with Gasteiger partial charge in [-0.2, -0.15) is 5.10 Å². The molecule has 0 saturated carbocycles. The van der Waals surface area contributed by atoms with Crippen molar-refractivity contribution in [2.24, 2.45) is 7.05 Å². The topological polar surface area (TPSA) is 56.0 Å². The van der Waals surface area contributed by atoms with Crippen LogP contribution in [0, 0.1) is 0 Å². The van der Waals surface area contributed by atoms with Gasteiger partial charge in [0.05, 0.1) is 27.3 Å². The minimum Gasteiger partial charge on any atom is -0.338 e. The van der Waals surface area contributed by atoms with Crippen molar-refractivity contribution >= 4 is 28.5 Å². The fraction of sp³-hybridized carbons (Fsp3) is 0.261. The second kappa shape index (κ2) is 7.61. The molecule has 2 aromatic carbocycles. The van der Waals surface area contributed by atoms with Gasteiger partial charge in [0.15, 0.2) is 0 Å². The number of imidazole rings is 1. The first-order valence-corrected chi connectivity index (χ1v) is 10.5. The van der Waals surface area contributed by atoms with Crippen LogP contribution in [0.25, 0.3) is 16.7 Å². The van der Waals surface area contributed by atoms with Gasteiger partial charge in [0.1, 0.15) is 5.82 Å². The van der Waals surface area contributed by atoms with Crippen LogP contribution in [0.4, 0.5) is 0 Å². The smallest absolute Gasteiger partial charge is 0.255 e. The largest absolute Gasteiger partial charge is 0.338 e. The first kappa shape index (κ1) is 18.9. The molecule has 7 heteroatoms. The number of piperidine rings is 1. The summed E-state index contributed by atoms with van der Waals surface area (Å²) in [6.07, 6.45) is 5.51. The molecule has 0 bridgehead atoms. The van der Waals surface area contributed by atoms with Crippen LogP contribution in [-0.2, 0) is 7.05 Å². The van der Waals surface area contributed by atoms with Gasteiger partial charge < -0.3 is 9.47 Å². The lowest BCUT2D eigenvalue weighted by atomic mass is 9.96. The number of aryl methyl sites for hydroxylation is 1. The number of nitrogens with zero attached hydrogens (tertiary/aromatic N) is 5. The summed E-state index contributed by atoms with van der Waals surface area (Å²) in [7, 11) is 2.05. The maximum Gasteiger partial charge on any atom is 0.255 e. The van der Waals surface area contributed by atoms with Crippen molar-refractivity contribution in [1.82, 2.24) is 24.2 Å². The molecule has 2 aromatic heterocycles. The summed E-state index contributed by atoms with van der Waals surface area (Å²) in [5.41, 5.74) is 3.44. The Balaban J connectivity index is 1.43. The fourth-order valence-corrected chi connectivity index (χ4v) is 4.51. The van der Waals surface area contributed by atoms with Gasteiger partial charge in [-0.1, -0.05) is 23.7 Å². The summed E-state index contributed by atoms with van der Waals surface area (Å²) in [6, 6.07) is 15.4. The highest BCUT2D eigenvalue weighted by Crippen LogP contribution is 2.30. The van der Waals surface area contributed by atoms with E-state index in [9.17, 15) is 4.79 Å². The molecule has 0 radical (unpaired) electrons. The van der Waals surface area contributed by atoms with E-state index in [0.717, 1.165) is 41.9 Å². The Hall–Kier alpha value is -3.12. The molecule has 1 amide bonds. The van der Waals surface area contributed by atoms with Gasteiger partial charge in [-0.25, -0.2) is 9.67 Å². The van der Waals surface area contributed by atoms with Crippen LogP contribution in [-0.4, -0.2) is 43.2 Å². The number of para-hydroxylation sites is 2. The predicted molar refractivity (Wildman–Crippen MR) is 117 cm³/mol. The lowest BCUT2D eigenvalue weighted by Gasteiger charge is -2.32. The van der Waals surface area contributed by atoms with E-state index in [1.165, 1.54) is 0 Å². The molecule has 1 aliphatic heterocycles. The Morgan fingerprint density at radius 3 is 2.83 bits per heavy atom. The molecule has 0 N–H and O–H groups in total. The Kier molecular flexibility index (Phi) is 4.79. The minimum absolute atomic E-state index is 0.0440. The molecule has 1 atom stereocenters. The van der Waals surface area contributed by atoms with Crippen LogP contribution in [0.1, 0.15) is 34.9 Å². The van der Waals surface area contributed by atoms with E-state index < -0.39 is 0 Å². The molecular weight excluding hydrogens is 398 g/mol. The van der Waals surface area contributed by atoms with E-state index >= 15 is 0 Å². The highest BCUT2D eigenvalue weighted by molar-refractivity contribution is 6.33. The van der Waals surface area contributed by atoms with Crippen molar-refractivity contribution < 1.29 is 4.79 Å². The number of rotatable bonds is 3. The normalized spacial score (nSPS) is 16.9. The van der Waals surface area contributed by atoms with E-state index in [-0.39, 0.29) is 11.8 Å². The fourth-order valence-electron chi connectivity index (χ4n) is 4.31. The predicted octanol–water partition coefficient (Wildman–Crippen LogP) is 4.43. The quantitative estimate of drug-likeness (QED) is 0.493. The number of hydrogen-bond acceptors (Lipinski definition) is 3. The molecule has 4 aromatic rings. The van der Waals surface area contributed by atoms with E-state index in [0.29, 0.717) is 17.1 Å². The highest BCUT2D eigenvalue weighted by atomic mass is 35.5. The Bertz CT molecular complexity index is 1210. The van der Waals surface area contributed by atoms with Gasteiger partial charge in [-0.05, 0) is 49.2 Å². The van der Waals surface area contributed by atoms with Crippen LogP contribution < -0.4 is 0 Å². The van der Waals surface area contributed by atoms with Gasteiger partial charge in [0.2, 0.25) is 0 Å². The van der Waals surface area contributed by atoms with E-state index in [1.54, 1.807) is 16.9 Å². The van der Waals surface area contributed by atoms with Gasteiger partial charge in [-0.3, -0.25) is 4.79 Å². The van der Waals surface area contributed by atoms with Gasteiger partial charge in [-0.15, -0.1) is 0 Å².